The molecule has 2 aliphatic heterocycles. The van der Waals surface area contributed by atoms with Gasteiger partial charge in [0.05, 0.1) is 18.7 Å². The Morgan fingerprint density at radius 2 is 2.18 bits per heavy atom. The number of benzene rings is 1. The molecule has 0 fully saturated rings. The summed E-state index contributed by atoms with van der Waals surface area (Å²) in [5, 5.41) is 4.91. The molecule has 6 heteroatoms. The van der Waals surface area contributed by atoms with Gasteiger partial charge in [0.1, 0.15) is 5.84 Å². The first-order valence-corrected chi connectivity index (χ1v) is 8.01. The van der Waals surface area contributed by atoms with E-state index in [0.29, 0.717) is 12.4 Å². The molecule has 5 nitrogen and oxygen atoms in total. The third kappa shape index (κ3) is 2.31. The zero-order chi connectivity index (χ0) is 14.9. The number of nitrogens with zero attached hydrogens (tertiary/aromatic N) is 3. The van der Waals surface area contributed by atoms with Gasteiger partial charge in [-0.2, -0.15) is 0 Å². The topological polar surface area (TPSA) is 57.1 Å². The number of thiophene rings is 1. The van der Waals surface area contributed by atoms with E-state index >= 15 is 0 Å². The Kier molecular flexibility index (Phi) is 3.23. The second-order valence-electron chi connectivity index (χ2n) is 5.11. The van der Waals surface area contributed by atoms with Crippen LogP contribution in [0.5, 0.6) is 0 Å². The molecule has 2 aliphatic rings. The van der Waals surface area contributed by atoms with Gasteiger partial charge in [-0.25, -0.2) is 4.99 Å². The summed E-state index contributed by atoms with van der Waals surface area (Å²) in [6, 6.07) is 11.8. The summed E-state index contributed by atoms with van der Waals surface area (Å²) in [5.74, 6) is 1.43. The molecule has 0 saturated carbocycles. The van der Waals surface area contributed by atoms with Crippen molar-refractivity contribution < 1.29 is 4.79 Å². The molecule has 1 aromatic carbocycles. The fourth-order valence-corrected chi connectivity index (χ4v) is 3.36. The van der Waals surface area contributed by atoms with Crippen LogP contribution in [-0.2, 0) is 11.2 Å². The zero-order valence-corrected chi connectivity index (χ0v) is 12.6. The van der Waals surface area contributed by atoms with Crippen LogP contribution in [-0.4, -0.2) is 35.7 Å². The number of nitrogens with one attached hydrogen (secondary N) is 1. The maximum Gasteiger partial charge on any atom is 0.231 e. The smallest absolute Gasteiger partial charge is 0.231 e. The highest BCUT2D eigenvalue weighted by Crippen LogP contribution is 2.27. The van der Waals surface area contributed by atoms with Crippen molar-refractivity contribution >= 4 is 34.7 Å². The van der Waals surface area contributed by atoms with Crippen LogP contribution in [0.1, 0.15) is 10.4 Å². The molecular weight excluding hydrogens is 296 g/mol. The number of amidine groups is 1. The van der Waals surface area contributed by atoms with E-state index in [2.05, 4.69) is 15.3 Å². The van der Waals surface area contributed by atoms with E-state index in [1.165, 1.54) is 0 Å². The van der Waals surface area contributed by atoms with Gasteiger partial charge in [-0.05, 0) is 23.6 Å². The molecule has 1 aromatic heterocycles. The molecule has 1 N–H and O–H groups in total. The largest absolute Gasteiger partial charge is 0.296 e. The molecule has 0 radical (unpaired) electrons. The molecule has 0 atom stereocenters. The van der Waals surface area contributed by atoms with Gasteiger partial charge in [0.15, 0.2) is 0 Å². The number of fused-ring (bicyclic) bond motifs is 3. The van der Waals surface area contributed by atoms with Gasteiger partial charge in [0.25, 0.3) is 0 Å². The Morgan fingerprint density at radius 3 is 3.05 bits per heavy atom. The molecule has 0 spiro atoms. The van der Waals surface area contributed by atoms with Crippen LogP contribution in [0.2, 0.25) is 0 Å². The van der Waals surface area contributed by atoms with Crippen molar-refractivity contribution in [3.05, 3.63) is 52.2 Å². The number of guanidine groups is 1. The first kappa shape index (κ1) is 13.2. The van der Waals surface area contributed by atoms with E-state index in [1.54, 1.807) is 11.3 Å². The maximum atomic E-state index is 12.2. The van der Waals surface area contributed by atoms with Gasteiger partial charge in [-0.1, -0.05) is 18.2 Å². The number of aliphatic imine (C=N–C) groups is 2. The summed E-state index contributed by atoms with van der Waals surface area (Å²) in [4.78, 5) is 24.4. The van der Waals surface area contributed by atoms with Crippen LogP contribution in [0.4, 0.5) is 5.69 Å². The SMILES string of the molecule is O=C(Cc1cccs1)NC1=Nc2ccccc2C2=NCCN12. The number of hydrogen-bond donors (Lipinski definition) is 1. The first-order chi connectivity index (χ1) is 10.8. The van der Waals surface area contributed by atoms with Crippen LogP contribution in [0.3, 0.4) is 0 Å². The van der Waals surface area contributed by atoms with Crippen LogP contribution >= 0.6 is 11.3 Å². The van der Waals surface area contributed by atoms with Crippen molar-refractivity contribution in [1.29, 1.82) is 0 Å². The molecular formula is C16H14N4OS. The third-order valence-corrected chi connectivity index (χ3v) is 4.51. The van der Waals surface area contributed by atoms with Crippen molar-refractivity contribution in [2.45, 2.75) is 6.42 Å². The highest BCUT2D eigenvalue weighted by atomic mass is 32.1. The molecule has 2 aromatic rings. The Bertz CT molecular complexity index is 779. The number of carbonyl (C=O) groups is 1. The van der Waals surface area contributed by atoms with E-state index in [0.717, 1.165) is 35.1 Å². The Labute approximate surface area is 132 Å². The van der Waals surface area contributed by atoms with Gasteiger partial charge in [0, 0.05) is 17.0 Å². The van der Waals surface area contributed by atoms with Crippen LogP contribution in [0.25, 0.3) is 0 Å². The Hall–Kier alpha value is -2.47. The lowest BCUT2D eigenvalue weighted by molar-refractivity contribution is -0.119. The van der Waals surface area contributed by atoms with Gasteiger partial charge >= 0.3 is 0 Å². The number of amides is 1. The molecule has 0 saturated heterocycles. The maximum absolute atomic E-state index is 12.2. The minimum Gasteiger partial charge on any atom is -0.296 e. The fourth-order valence-electron chi connectivity index (χ4n) is 2.65. The standard InChI is InChI=1S/C16H14N4OS/c21-14(10-11-4-3-9-22-11)19-16-18-13-6-2-1-5-12(13)15-17-7-8-20(15)16/h1-6,9H,7-8,10H2,(H,18,19,21). The van der Waals surface area contributed by atoms with Gasteiger partial charge in [-0.3, -0.25) is 20.0 Å². The lowest BCUT2D eigenvalue weighted by atomic mass is 10.1. The van der Waals surface area contributed by atoms with E-state index < -0.39 is 0 Å². The zero-order valence-electron chi connectivity index (χ0n) is 11.8. The molecule has 3 heterocycles. The Morgan fingerprint density at radius 1 is 1.27 bits per heavy atom. The molecule has 0 unspecified atom stereocenters. The average molecular weight is 310 g/mol. The highest BCUT2D eigenvalue weighted by molar-refractivity contribution is 7.10. The summed E-state index contributed by atoms with van der Waals surface area (Å²) in [6.07, 6.45) is 0.374. The molecule has 110 valence electrons. The van der Waals surface area contributed by atoms with Crippen LogP contribution in [0.15, 0.2) is 51.8 Å². The second-order valence-corrected chi connectivity index (χ2v) is 6.15. The normalized spacial score (nSPS) is 15.7. The molecule has 4 rings (SSSR count). The minimum atomic E-state index is -0.0492. The van der Waals surface area contributed by atoms with E-state index in [-0.39, 0.29) is 5.91 Å². The highest BCUT2D eigenvalue weighted by Gasteiger charge is 2.29. The summed E-state index contributed by atoms with van der Waals surface area (Å²) in [6.45, 7) is 1.48. The van der Waals surface area contributed by atoms with E-state index in [9.17, 15) is 4.79 Å². The average Bonchev–Trinajstić information content (AvgIpc) is 3.18. The number of hydrogen-bond acceptors (Lipinski definition) is 5. The van der Waals surface area contributed by atoms with Gasteiger partial charge < -0.3 is 0 Å². The molecule has 1 amide bonds. The minimum absolute atomic E-state index is 0.0492. The van der Waals surface area contributed by atoms with Crippen molar-refractivity contribution in [3.63, 3.8) is 0 Å². The summed E-state index contributed by atoms with van der Waals surface area (Å²) >= 11 is 1.58. The summed E-state index contributed by atoms with van der Waals surface area (Å²) in [7, 11) is 0. The van der Waals surface area contributed by atoms with E-state index in [1.807, 2.05) is 46.7 Å². The molecule has 22 heavy (non-hydrogen) atoms. The van der Waals surface area contributed by atoms with Crippen molar-refractivity contribution in [2.24, 2.45) is 9.98 Å². The fraction of sp³-hybridized carbons (Fsp3) is 0.188. The Balaban J connectivity index is 1.60. The summed E-state index contributed by atoms with van der Waals surface area (Å²) in [5.41, 5.74) is 1.88. The van der Waals surface area contributed by atoms with Crippen molar-refractivity contribution in [1.82, 2.24) is 10.2 Å². The quantitative estimate of drug-likeness (QED) is 0.924. The monoisotopic (exact) mass is 310 g/mol. The number of carbonyl (C=O) groups excluding carboxylic acids is 1. The lowest BCUT2D eigenvalue weighted by Gasteiger charge is -2.27. The number of para-hydroxylation sites is 1. The number of rotatable bonds is 2. The van der Waals surface area contributed by atoms with Crippen molar-refractivity contribution in [3.8, 4) is 0 Å². The predicted octanol–water partition coefficient (Wildman–Crippen LogP) is 2.17. The van der Waals surface area contributed by atoms with Crippen LogP contribution < -0.4 is 5.32 Å². The molecule has 0 aliphatic carbocycles. The molecule has 0 bridgehead atoms. The second kappa shape index (κ2) is 5.38. The lowest BCUT2D eigenvalue weighted by Crippen LogP contribution is -2.47. The van der Waals surface area contributed by atoms with Gasteiger partial charge in [-0.15, -0.1) is 11.3 Å². The predicted molar refractivity (Wildman–Crippen MR) is 87.8 cm³/mol. The van der Waals surface area contributed by atoms with Crippen molar-refractivity contribution in [2.75, 3.05) is 13.1 Å². The van der Waals surface area contributed by atoms with Crippen LogP contribution in [0, 0.1) is 0 Å². The van der Waals surface area contributed by atoms with E-state index in [4.69, 9.17) is 0 Å². The third-order valence-electron chi connectivity index (χ3n) is 3.63. The first-order valence-electron chi connectivity index (χ1n) is 7.13. The summed E-state index contributed by atoms with van der Waals surface area (Å²) < 4.78 is 0. The van der Waals surface area contributed by atoms with Gasteiger partial charge in [0.2, 0.25) is 11.9 Å².